The molecule has 0 bridgehead atoms. The van der Waals surface area contributed by atoms with Crippen molar-refractivity contribution in [3.63, 3.8) is 0 Å². The van der Waals surface area contributed by atoms with Gasteiger partial charge in [-0.3, -0.25) is 9.79 Å². The zero-order chi connectivity index (χ0) is 17.4. The van der Waals surface area contributed by atoms with E-state index in [0.717, 1.165) is 0 Å². The zero-order valence-corrected chi connectivity index (χ0v) is 18.2. The van der Waals surface area contributed by atoms with E-state index in [-0.39, 0.29) is 41.4 Å². The summed E-state index contributed by atoms with van der Waals surface area (Å²) in [6.07, 6.45) is 0.0717. The van der Waals surface area contributed by atoms with Crippen LogP contribution in [0.1, 0.15) is 41.5 Å². The van der Waals surface area contributed by atoms with Crippen molar-refractivity contribution < 1.29 is 9.53 Å². The summed E-state index contributed by atoms with van der Waals surface area (Å²) in [5.41, 5.74) is -0.459. The van der Waals surface area contributed by atoms with Gasteiger partial charge >= 0.3 is 0 Å². The van der Waals surface area contributed by atoms with E-state index in [9.17, 15) is 4.79 Å². The summed E-state index contributed by atoms with van der Waals surface area (Å²) in [6, 6.07) is 0. The summed E-state index contributed by atoms with van der Waals surface area (Å²) in [5.74, 6) is 0.700. The summed E-state index contributed by atoms with van der Waals surface area (Å²) in [5, 5.41) is 9.30. The van der Waals surface area contributed by atoms with Crippen LogP contribution in [0.3, 0.4) is 0 Å². The van der Waals surface area contributed by atoms with Gasteiger partial charge in [-0.05, 0) is 26.2 Å². The predicted octanol–water partition coefficient (Wildman–Crippen LogP) is 1.99. The van der Waals surface area contributed by atoms with E-state index in [2.05, 4.69) is 41.7 Å². The first-order valence-electron chi connectivity index (χ1n) is 7.84. The molecular formula is C16H35IN4O2. The van der Waals surface area contributed by atoms with E-state index in [0.29, 0.717) is 25.6 Å². The van der Waals surface area contributed by atoms with E-state index in [1.165, 1.54) is 0 Å². The number of methoxy groups -OCH3 is 1. The van der Waals surface area contributed by atoms with Crippen molar-refractivity contribution in [3.8, 4) is 0 Å². The van der Waals surface area contributed by atoms with E-state index in [1.807, 2.05) is 20.8 Å². The number of rotatable bonds is 7. The molecule has 3 N–H and O–H groups in total. The lowest BCUT2D eigenvalue weighted by Crippen LogP contribution is -2.50. The fourth-order valence-electron chi connectivity index (χ4n) is 1.94. The van der Waals surface area contributed by atoms with Crippen LogP contribution < -0.4 is 16.0 Å². The second kappa shape index (κ2) is 11.1. The third-order valence-electron chi connectivity index (χ3n) is 3.58. The van der Waals surface area contributed by atoms with Crippen LogP contribution in [0.25, 0.3) is 0 Å². The lowest BCUT2D eigenvalue weighted by Gasteiger charge is -2.30. The molecule has 1 amide bonds. The molecule has 0 aliphatic carbocycles. The molecule has 0 heterocycles. The van der Waals surface area contributed by atoms with Gasteiger partial charge in [-0.2, -0.15) is 0 Å². The Morgan fingerprint density at radius 3 is 2.09 bits per heavy atom. The molecule has 0 aromatic carbocycles. The third-order valence-corrected chi connectivity index (χ3v) is 3.58. The van der Waals surface area contributed by atoms with Crippen molar-refractivity contribution in [2.45, 2.75) is 47.6 Å². The monoisotopic (exact) mass is 442 g/mol. The van der Waals surface area contributed by atoms with Gasteiger partial charge in [0.1, 0.15) is 0 Å². The maximum atomic E-state index is 12.0. The average molecular weight is 442 g/mol. The highest BCUT2D eigenvalue weighted by molar-refractivity contribution is 14.0. The Bertz CT molecular complexity index is 379. The Kier molecular flexibility index (Phi) is 11.9. The van der Waals surface area contributed by atoms with Crippen molar-refractivity contribution >= 4 is 35.8 Å². The first-order valence-corrected chi connectivity index (χ1v) is 7.84. The van der Waals surface area contributed by atoms with Crippen LogP contribution in [-0.4, -0.2) is 51.8 Å². The molecule has 1 unspecified atom stereocenters. The number of halogens is 1. The summed E-state index contributed by atoms with van der Waals surface area (Å²) >= 11 is 0. The van der Waals surface area contributed by atoms with Gasteiger partial charge < -0.3 is 20.7 Å². The molecular weight excluding hydrogens is 407 g/mol. The number of hydrogen-bond acceptors (Lipinski definition) is 3. The molecule has 7 heteroatoms. The first-order chi connectivity index (χ1) is 10.1. The molecule has 0 rings (SSSR count). The van der Waals surface area contributed by atoms with Gasteiger partial charge in [-0.25, -0.2) is 0 Å². The van der Waals surface area contributed by atoms with Crippen LogP contribution in [0.5, 0.6) is 0 Å². The topological polar surface area (TPSA) is 74.8 Å². The van der Waals surface area contributed by atoms with Crippen LogP contribution in [-0.2, 0) is 9.53 Å². The lowest BCUT2D eigenvalue weighted by molar-refractivity contribution is -0.128. The van der Waals surface area contributed by atoms with Gasteiger partial charge in [0.2, 0.25) is 5.91 Å². The molecule has 138 valence electrons. The van der Waals surface area contributed by atoms with E-state index < -0.39 is 5.41 Å². The summed E-state index contributed by atoms with van der Waals surface area (Å²) in [6.45, 7) is 13.9. The Morgan fingerprint density at radius 2 is 1.70 bits per heavy atom. The normalized spacial score (nSPS) is 13.8. The minimum absolute atomic E-state index is 0. The molecule has 0 fully saturated rings. The molecule has 0 radical (unpaired) electrons. The van der Waals surface area contributed by atoms with Crippen molar-refractivity contribution in [1.29, 1.82) is 0 Å². The number of nitrogens with zero attached hydrogens (tertiary/aromatic N) is 1. The molecule has 1 atom stereocenters. The van der Waals surface area contributed by atoms with E-state index in [4.69, 9.17) is 4.74 Å². The molecule has 0 aromatic rings. The molecule has 0 aliphatic heterocycles. The fourth-order valence-corrected chi connectivity index (χ4v) is 1.94. The second-order valence-electron chi connectivity index (χ2n) is 7.14. The lowest BCUT2D eigenvalue weighted by atomic mass is 9.89. The summed E-state index contributed by atoms with van der Waals surface area (Å²) in [4.78, 5) is 16.2. The smallest absolute Gasteiger partial charge is 0.227 e. The van der Waals surface area contributed by atoms with Crippen molar-refractivity contribution in [1.82, 2.24) is 16.0 Å². The Hall–Kier alpha value is -0.570. The SMILES string of the molecule is CCNC(=O)C(C)(C)CNC(=NC)NCC(OC)C(C)(C)C.I. The summed E-state index contributed by atoms with van der Waals surface area (Å²) < 4.78 is 5.52. The highest BCUT2D eigenvalue weighted by Crippen LogP contribution is 2.20. The van der Waals surface area contributed by atoms with E-state index >= 15 is 0 Å². The van der Waals surface area contributed by atoms with Crippen LogP contribution in [0.2, 0.25) is 0 Å². The standard InChI is InChI=1S/C16H34N4O2.HI/c1-9-18-13(21)16(5,6)11-20-14(17-7)19-10-12(22-8)15(2,3)4;/h12H,9-11H2,1-8H3,(H,18,21)(H2,17,19,20);1H. The second-order valence-corrected chi connectivity index (χ2v) is 7.14. The largest absolute Gasteiger partial charge is 0.379 e. The number of guanidine groups is 1. The van der Waals surface area contributed by atoms with Gasteiger partial charge in [0.05, 0.1) is 11.5 Å². The molecule has 6 nitrogen and oxygen atoms in total. The van der Waals surface area contributed by atoms with Crippen LogP contribution in [0.4, 0.5) is 0 Å². The highest BCUT2D eigenvalue weighted by atomic mass is 127. The van der Waals surface area contributed by atoms with Crippen molar-refractivity contribution in [3.05, 3.63) is 0 Å². The Morgan fingerprint density at radius 1 is 1.13 bits per heavy atom. The third kappa shape index (κ3) is 9.34. The number of aliphatic imine (C=N–C) groups is 1. The minimum atomic E-state index is -0.502. The van der Waals surface area contributed by atoms with Crippen molar-refractivity contribution in [2.75, 3.05) is 33.8 Å². The maximum Gasteiger partial charge on any atom is 0.227 e. The Labute approximate surface area is 158 Å². The fraction of sp³-hybridized carbons (Fsp3) is 0.875. The molecule has 0 saturated heterocycles. The quantitative estimate of drug-likeness (QED) is 0.320. The van der Waals surface area contributed by atoms with Crippen LogP contribution in [0, 0.1) is 10.8 Å². The first kappa shape index (κ1) is 24.7. The molecule has 0 aromatic heterocycles. The van der Waals surface area contributed by atoms with Crippen molar-refractivity contribution in [2.24, 2.45) is 15.8 Å². The number of nitrogens with one attached hydrogen (secondary N) is 3. The summed E-state index contributed by atoms with van der Waals surface area (Å²) in [7, 11) is 3.43. The molecule has 0 saturated carbocycles. The molecule has 0 aliphatic rings. The molecule has 23 heavy (non-hydrogen) atoms. The predicted molar refractivity (Wildman–Crippen MR) is 107 cm³/mol. The average Bonchev–Trinajstić information content (AvgIpc) is 2.41. The Balaban J connectivity index is 0. The van der Waals surface area contributed by atoms with Gasteiger partial charge in [0.15, 0.2) is 5.96 Å². The number of carbonyl (C=O) groups is 1. The minimum Gasteiger partial charge on any atom is -0.379 e. The van der Waals surface area contributed by atoms with Gasteiger partial charge in [0, 0.05) is 33.8 Å². The number of ether oxygens (including phenoxy) is 1. The van der Waals surface area contributed by atoms with Gasteiger partial charge in [-0.15, -0.1) is 24.0 Å². The molecule has 0 spiro atoms. The number of hydrogen-bond donors (Lipinski definition) is 3. The zero-order valence-electron chi connectivity index (χ0n) is 15.9. The van der Waals surface area contributed by atoms with Gasteiger partial charge in [-0.1, -0.05) is 20.8 Å². The van der Waals surface area contributed by atoms with Crippen LogP contribution in [0.15, 0.2) is 4.99 Å². The van der Waals surface area contributed by atoms with Gasteiger partial charge in [0.25, 0.3) is 0 Å². The number of amides is 1. The van der Waals surface area contributed by atoms with Crippen LogP contribution >= 0.6 is 24.0 Å². The van der Waals surface area contributed by atoms with E-state index in [1.54, 1.807) is 14.2 Å². The number of carbonyl (C=O) groups excluding carboxylic acids is 1. The highest BCUT2D eigenvalue weighted by Gasteiger charge is 2.28. The maximum absolute atomic E-state index is 12.0.